The summed E-state index contributed by atoms with van der Waals surface area (Å²) >= 11 is 6.08. The molecule has 2 rings (SSSR count). The molecule has 2 aromatic heterocycles. The summed E-state index contributed by atoms with van der Waals surface area (Å²) in [5.74, 6) is 1.30. The highest BCUT2D eigenvalue weighted by atomic mass is 35.5. The fraction of sp³-hybridized carbons (Fsp3) is 0.364. The van der Waals surface area contributed by atoms with Gasteiger partial charge in [-0.25, -0.2) is 4.98 Å². The molecule has 80 valence electrons. The Morgan fingerprint density at radius 1 is 1.47 bits per heavy atom. The Bertz CT molecular complexity index is 488. The van der Waals surface area contributed by atoms with Crippen LogP contribution in [-0.4, -0.2) is 9.38 Å². The second-order valence-electron chi connectivity index (χ2n) is 3.86. The molecule has 4 heteroatoms. The van der Waals surface area contributed by atoms with Crippen LogP contribution < -0.4 is 5.73 Å². The van der Waals surface area contributed by atoms with E-state index in [1.54, 1.807) is 0 Å². The van der Waals surface area contributed by atoms with E-state index in [9.17, 15) is 0 Å². The van der Waals surface area contributed by atoms with E-state index >= 15 is 0 Å². The van der Waals surface area contributed by atoms with Crippen molar-refractivity contribution in [3.63, 3.8) is 0 Å². The van der Waals surface area contributed by atoms with Crippen LogP contribution in [0.1, 0.15) is 31.3 Å². The molecular formula is C11H14ClN3. The lowest BCUT2D eigenvalue weighted by molar-refractivity contribution is 0.751. The van der Waals surface area contributed by atoms with Gasteiger partial charge in [0.15, 0.2) is 5.15 Å². The van der Waals surface area contributed by atoms with Crippen molar-refractivity contribution in [2.75, 3.05) is 0 Å². The first-order valence-corrected chi connectivity index (χ1v) is 5.38. The first kappa shape index (κ1) is 10.5. The standard InChI is InChI=1S/C11H14ClN3/c1-7(2)11-14-10(12)9-5-3-4-8(6-13)15(9)11/h3-5,7H,6,13H2,1-2H3. The molecule has 0 saturated carbocycles. The minimum Gasteiger partial charge on any atom is -0.325 e. The van der Waals surface area contributed by atoms with E-state index < -0.39 is 0 Å². The summed E-state index contributed by atoms with van der Waals surface area (Å²) in [5.41, 5.74) is 7.67. The fourth-order valence-electron chi connectivity index (χ4n) is 1.74. The summed E-state index contributed by atoms with van der Waals surface area (Å²) in [5, 5.41) is 0.550. The third-order valence-electron chi connectivity index (χ3n) is 2.45. The van der Waals surface area contributed by atoms with Crippen LogP contribution in [0.4, 0.5) is 0 Å². The van der Waals surface area contributed by atoms with E-state index in [-0.39, 0.29) is 0 Å². The number of hydrogen-bond donors (Lipinski definition) is 1. The summed E-state index contributed by atoms with van der Waals surface area (Å²) in [6, 6.07) is 5.91. The Hall–Kier alpha value is -1.06. The third kappa shape index (κ3) is 1.62. The molecule has 2 aromatic rings. The Morgan fingerprint density at radius 2 is 2.20 bits per heavy atom. The SMILES string of the molecule is CC(C)c1nc(Cl)c2cccc(CN)n12. The molecule has 15 heavy (non-hydrogen) atoms. The molecule has 0 aromatic carbocycles. The number of rotatable bonds is 2. The molecule has 0 aliphatic rings. The molecule has 2 heterocycles. The van der Waals surface area contributed by atoms with Crippen molar-refractivity contribution in [3.8, 4) is 0 Å². The van der Waals surface area contributed by atoms with Gasteiger partial charge in [0, 0.05) is 18.2 Å². The topological polar surface area (TPSA) is 43.3 Å². The van der Waals surface area contributed by atoms with Gasteiger partial charge in [0.05, 0.1) is 5.52 Å². The lowest BCUT2D eigenvalue weighted by atomic mass is 10.2. The number of aromatic nitrogens is 2. The van der Waals surface area contributed by atoms with Gasteiger partial charge in [-0.05, 0) is 12.1 Å². The molecule has 3 nitrogen and oxygen atoms in total. The summed E-state index contributed by atoms with van der Waals surface area (Å²) in [7, 11) is 0. The maximum Gasteiger partial charge on any atom is 0.155 e. The molecule has 0 aliphatic heterocycles. The van der Waals surface area contributed by atoms with Crippen molar-refractivity contribution < 1.29 is 0 Å². The van der Waals surface area contributed by atoms with Crippen LogP contribution in [0.2, 0.25) is 5.15 Å². The van der Waals surface area contributed by atoms with Crippen LogP contribution in [-0.2, 0) is 6.54 Å². The lowest BCUT2D eigenvalue weighted by Crippen LogP contribution is -2.07. The van der Waals surface area contributed by atoms with Gasteiger partial charge in [-0.15, -0.1) is 0 Å². The van der Waals surface area contributed by atoms with Crippen LogP contribution in [0.25, 0.3) is 5.52 Å². The average molecular weight is 224 g/mol. The number of pyridine rings is 1. The molecule has 0 unspecified atom stereocenters. The summed E-state index contributed by atoms with van der Waals surface area (Å²) in [6.45, 7) is 4.68. The zero-order valence-electron chi connectivity index (χ0n) is 8.87. The molecule has 0 aliphatic carbocycles. The van der Waals surface area contributed by atoms with Crippen LogP contribution in [0.15, 0.2) is 18.2 Å². The fourth-order valence-corrected chi connectivity index (χ4v) is 1.97. The Morgan fingerprint density at radius 3 is 2.80 bits per heavy atom. The average Bonchev–Trinajstić information content (AvgIpc) is 2.56. The van der Waals surface area contributed by atoms with Gasteiger partial charge in [-0.3, -0.25) is 4.40 Å². The lowest BCUT2D eigenvalue weighted by Gasteiger charge is -2.08. The highest BCUT2D eigenvalue weighted by Crippen LogP contribution is 2.24. The monoisotopic (exact) mass is 223 g/mol. The number of nitrogens with zero attached hydrogens (tertiary/aromatic N) is 2. The Labute approximate surface area is 93.9 Å². The van der Waals surface area contributed by atoms with Gasteiger partial charge in [0.25, 0.3) is 0 Å². The van der Waals surface area contributed by atoms with Crippen molar-refractivity contribution in [1.29, 1.82) is 0 Å². The van der Waals surface area contributed by atoms with E-state index in [2.05, 4.69) is 18.8 Å². The maximum absolute atomic E-state index is 6.08. The minimum atomic E-state index is 0.331. The molecule has 0 bridgehead atoms. The van der Waals surface area contributed by atoms with Crippen LogP contribution in [0, 0.1) is 0 Å². The predicted octanol–water partition coefficient (Wildman–Crippen LogP) is 2.57. The number of imidazole rings is 1. The first-order chi connectivity index (χ1) is 7.15. The van der Waals surface area contributed by atoms with Gasteiger partial charge < -0.3 is 5.73 Å². The molecule has 0 spiro atoms. The van der Waals surface area contributed by atoms with Gasteiger partial charge >= 0.3 is 0 Å². The van der Waals surface area contributed by atoms with Crippen molar-refractivity contribution in [3.05, 3.63) is 34.9 Å². The van der Waals surface area contributed by atoms with E-state index in [0.717, 1.165) is 17.0 Å². The number of hydrogen-bond acceptors (Lipinski definition) is 2. The highest BCUT2D eigenvalue weighted by molar-refractivity contribution is 6.32. The van der Waals surface area contributed by atoms with Gasteiger partial charge in [0.1, 0.15) is 5.82 Å². The van der Waals surface area contributed by atoms with Crippen molar-refractivity contribution in [1.82, 2.24) is 9.38 Å². The summed E-state index contributed by atoms with van der Waals surface area (Å²) in [6.07, 6.45) is 0. The van der Waals surface area contributed by atoms with Crippen molar-refractivity contribution in [2.45, 2.75) is 26.3 Å². The second kappa shape index (κ2) is 3.83. The van der Waals surface area contributed by atoms with E-state index in [1.165, 1.54) is 0 Å². The maximum atomic E-state index is 6.08. The van der Waals surface area contributed by atoms with Crippen LogP contribution in [0.5, 0.6) is 0 Å². The first-order valence-electron chi connectivity index (χ1n) is 5.01. The highest BCUT2D eigenvalue weighted by Gasteiger charge is 2.13. The third-order valence-corrected chi connectivity index (χ3v) is 2.73. The number of fused-ring (bicyclic) bond motifs is 1. The van der Waals surface area contributed by atoms with Crippen LogP contribution >= 0.6 is 11.6 Å². The molecule has 2 N–H and O–H groups in total. The molecule has 0 saturated heterocycles. The van der Waals surface area contributed by atoms with Crippen LogP contribution in [0.3, 0.4) is 0 Å². The second-order valence-corrected chi connectivity index (χ2v) is 4.22. The Balaban J connectivity index is 2.82. The number of halogens is 1. The van der Waals surface area contributed by atoms with Gasteiger partial charge in [0.2, 0.25) is 0 Å². The molecule has 0 radical (unpaired) electrons. The van der Waals surface area contributed by atoms with E-state index in [1.807, 2.05) is 22.6 Å². The van der Waals surface area contributed by atoms with E-state index in [0.29, 0.717) is 17.6 Å². The molecule has 0 amide bonds. The number of nitrogens with two attached hydrogens (primary N) is 1. The normalized spacial score (nSPS) is 11.5. The minimum absolute atomic E-state index is 0.331. The summed E-state index contributed by atoms with van der Waals surface area (Å²) in [4.78, 5) is 4.37. The Kier molecular flexibility index (Phi) is 2.67. The van der Waals surface area contributed by atoms with E-state index in [4.69, 9.17) is 17.3 Å². The van der Waals surface area contributed by atoms with Gasteiger partial charge in [-0.1, -0.05) is 31.5 Å². The quantitative estimate of drug-likeness (QED) is 0.851. The largest absolute Gasteiger partial charge is 0.325 e. The zero-order valence-corrected chi connectivity index (χ0v) is 9.62. The smallest absolute Gasteiger partial charge is 0.155 e. The summed E-state index contributed by atoms with van der Waals surface area (Å²) < 4.78 is 2.05. The molecule has 0 atom stereocenters. The van der Waals surface area contributed by atoms with Crippen molar-refractivity contribution >= 4 is 17.1 Å². The zero-order chi connectivity index (χ0) is 11.0. The van der Waals surface area contributed by atoms with Gasteiger partial charge in [-0.2, -0.15) is 0 Å². The molecular weight excluding hydrogens is 210 g/mol. The molecule has 0 fully saturated rings. The predicted molar refractivity (Wildman–Crippen MR) is 62.2 cm³/mol. The van der Waals surface area contributed by atoms with Crippen molar-refractivity contribution in [2.24, 2.45) is 5.73 Å².